The van der Waals surface area contributed by atoms with Crippen LogP contribution in [-0.2, 0) is 0 Å². The quantitative estimate of drug-likeness (QED) is 0.224. The Labute approximate surface area is 165 Å². The minimum absolute atomic E-state index is 0.421. The van der Waals surface area contributed by atoms with Crippen LogP contribution in [0.15, 0.2) is 71.1 Å². The van der Waals surface area contributed by atoms with E-state index >= 15 is 0 Å². The monoisotopic (exact) mass is 380 g/mol. The van der Waals surface area contributed by atoms with Gasteiger partial charge in [-0.15, -0.1) is 0 Å². The average Bonchev–Trinajstić information content (AvgIpc) is 2.61. The third-order valence-electron chi connectivity index (χ3n) is 3.85. The molecule has 4 heteroatoms. The fourth-order valence-corrected chi connectivity index (χ4v) is 3.47. The van der Waals surface area contributed by atoms with E-state index in [1.54, 1.807) is 6.08 Å². The largest absolute Gasteiger partial charge is 0.383 e. The van der Waals surface area contributed by atoms with Gasteiger partial charge < -0.3 is 5.73 Å². The molecule has 2 nitrogen and oxygen atoms in total. The van der Waals surface area contributed by atoms with E-state index in [-0.39, 0.29) is 0 Å². The summed E-state index contributed by atoms with van der Waals surface area (Å²) in [5, 5.41) is 0. The van der Waals surface area contributed by atoms with Gasteiger partial charge in [-0.25, -0.2) is 4.99 Å². The second-order valence-electron chi connectivity index (χ2n) is 6.27. The Hall–Kier alpha value is -2.17. The van der Waals surface area contributed by atoms with Gasteiger partial charge in [0.2, 0.25) is 0 Å². The molecular weight excluding hydrogens is 356 g/mol. The maximum Gasteiger partial charge on any atom is 0.166 e. The molecule has 2 aromatic carbocycles. The number of thioether (sulfide) groups is 1. The van der Waals surface area contributed by atoms with Crippen molar-refractivity contribution in [3.63, 3.8) is 0 Å². The molecule has 0 aliphatic heterocycles. The van der Waals surface area contributed by atoms with E-state index in [9.17, 15) is 0 Å². The summed E-state index contributed by atoms with van der Waals surface area (Å²) in [6, 6.07) is 14.3. The minimum Gasteiger partial charge on any atom is -0.383 e. The first kappa shape index (κ1) is 20.1. The van der Waals surface area contributed by atoms with E-state index < -0.39 is 0 Å². The molecule has 0 aliphatic carbocycles. The molecule has 0 heterocycles. The second-order valence-corrected chi connectivity index (χ2v) is 7.98. The number of hydrogen-bond acceptors (Lipinski definition) is 2. The molecule has 26 heavy (non-hydrogen) atoms. The highest BCUT2D eigenvalue weighted by Crippen LogP contribution is 2.24. The van der Waals surface area contributed by atoms with Crippen molar-refractivity contribution >= 4 is 40.2 Å². The normalized spacial score (nSPS) is 11.9. The molecule has 0 bridgehead atoms. The molecule has 0 fully saturated rings. The topological polar surface area (TPSA) is 38.4 Å². The predicted octanol–water partition coefficient (Wildman–Crippen LogP) is 6.10. The Morgan fingerprint density at radius 3 is 2.50 bits per heavy atom. The summed E-state index contributed by atoms with van der Waals surface area (Å²) in [7, 11) is 0. The van der Waals surface area contributed by atoms with Crippen LogP contribution in [0, 0.1) is 6.92 Å². The van der Waals surface area contributed by atoms with Gasteiger partial charge in [0.15, 0.2) is 4.32 Å². The summed E-state index contributed by atoms with van der Waals surface area (Å²) in [6.45, 7) is 10.1. The Morgan fingerprint density at radius 2 is 1.88 bits per heavy atom. The molecule has 0 spiro atoms. The number of aliphatic imine (C=N–C) groups is 1. The smallest absolute Gasteiger partial charge is 0.166 e. The lowest BCUT2D eigenvalue weighted by Crippen LogP contribution is -2.15. The van der Waals surface area contributed by atoms with Gasteiger partial charge in [-0.2, -0.15) is 0 Å². The Kier molecular flexibility index (Phi) is 7.37. The molecule has 0 unspecified atom stereocenters. The molecule has 0 atom stereocenters. The van der Waals surface area contributed by atoms with Gasteiger partial charge in [0.05, 0.1) is 0 Å². The van der Waals surface area contributed by atoms with Gasteiger partial charge in [0.1, 0.15) is 5.84 Å². The van der Waals surface area contributed by atoms with Crippen LogP contribution in [0.1, 0.15) is 42.0 Å². The van der Waals surface area contributed by atoms with E-state index in [0.29, 0.717) is 16.1 Å². The standard InChI is InChI=1S/C22H24N2S2/c1-5-6-7-17-14-18(10-13-20(17)15(2)3)21(23)24-22(25)26-19-11-8-16(4)9-12-19/h5-15H,1H2,2-4H3,(H2,23,24,25)/b7-6-. The molecule has 0 amide bonds. The molecule has 0 saturated carbocycles. The van der Waals surface area contributed by atoms with Gasteiger partial charge in [-0.3, -0.25) is 0 Å². The van der Waals surface area contributed by atoms with Gasteiger partial charge in [0.25, 0.3) is 0 Å². The van der Waals surface area contributed by atoms with Crippen molar-refractivity contribution in [1.29, 1.82) is 0 Å². The van der Waals surface area contributed by atoms with Gasteiger partial charge in [-0.1, -0.05) is 92.5 Å². The van der Waals surface area contributed by atoms with Crippen LogP contribution in [-0.4, -0.2) is 10.2 Å². The van der Waals surface area contributed by atoms with Crippen molar-refractivity contribution in [3.8, 4) is 0 Å². The fraction of sp³-hybridized carbons (Fsp3) is 0.182. The molecular formula is C22H24N2S2. The highest BCUT2D eigenvalue weighted by molar-refractivity contribution is 8.23. The number of rotatable bonds is 5. The van der Waals surface area contributed by atoms with Gasteiger partial charge in [-0.05, 0) is 42.2 Å². The van der Waals surface area contributed by atoms with Crippen molar-refractivity contribution in [3.05, 3.63) is 83.4 Å². The van der Waals surface area contributed by atoms with Crippen LogP contribution < -0.4 is 5.73 Å². The summed E-state index contributed by atoms with van der Waals surface area (Å²) >= 11 is 6.82. The van der Waals surface area contributed by atoms with Crippen LogP contribution >= 0.6 is 24.0 Å². The minimum atomic E-state index is 0.421. The zero-order valence-electron chi connectivity index (χ0n) is 15.4. The Balaban J connectivity index is 2.24. The van der Waals surface area contributed by atoms with Crippen LogP contribution in [0.3, 0.4) is 0 Å². The predicted molar refractivity (Wildman–Crippen MR) is 120 cm³/mol. The van der Waals surface area contributed by atoms with Crippen LogP contribution in [0.25, 0.3) is 6.08 Å². The lowest BCUT2D eigenvalue weighted by molar-refractivity contribution is 0.864. The highest BCUT2D eigenvalue weighted by Gasteiger charge is 2.08. The number of hydrogen-bond donors (Lipinski definition) is 1. The van der Waals surface area contributed by atoms with Crippen molar-refractivity contribution in [2.24, 2.45) is 10.7 Å². The Bertz CT molecular complexity index is 847. The number of allylic oxidation sites excluding steroid dienone is 2. The zero-order valence-corrected chi connectivity index (χ0v) is 17.0. The second kappa shape index (κ2) is 9.51. The number of aryl methyl sites for hydroxylation is 1. The lowest BCUT2D eigenvalue weighted by Gasteiger charge is -2.12. The zero-order chi connectivity index (χ0) is 19.1. The van der Waals surface area contributed by atoms with Crippen LogP contribution in [0.4, 0.5) is 0 Å². The number of nitrogens with zero attached hydrogens (tertiary/aromatic N) is 1. The summed E-state index contributed by atoms with van der Waals surface area (Å²) in [6.07, 6.45) is 5.73. The van der Waals surface area contributed by atoms with Gasteiger partial charge >= 0.3 is 0 Å². The molecule has 2 rings (SSSR count). The van der Waals surface area contributed by atoms with Crippen molar-refractivity contribution in [2.75, 3.05) is 0 Å². The number of benzene rings is 2. The molecule has 0 radical (unpaired) electrons. The van der Waals surface area contributed by atoms with Crippen molar-refractivity contribution < 1.29 is 0 Å². The molecule has 0 saturated heterocycles. The lowest BCUT2D eigenvalue weighted by atomic mass is 9.94. The summed E-state index contributed by atoms with van der Waals surface area (Å²) < 4.78 is 0.502. The average molecular weight is 381 g/mol. The summed E-state index contributed by atoms with van der Waals surface area (Å²) in [5.74, 6) is 0.850. The van der Waals surface area contributed by atoms with Crippen molar-refractivity contribution in [1.82, 2.24) is 0 Å². The van der Waals surface area contributed by atoms with E-state index in [0.717, 1.165) is 16.0 Å². The molecule has 2 aromatic rings. The molecule has 0 aromatic heterocycles. The third-order valence-corrected chi connectivity index (χ3v) is 4.97. The summed E-state index contributed by atoms with van der Waals surface area (Å²) in [4.78, 5) is 5.46. The van der Waals surface area contributed by atoms with E-state index in [4.69, 9.17) is 18.0 Å². The molecule has 2 N–H and O–H groups in total. The van der Waals surface area contributed by atoms with Crippen molar-refractivity contribution in [2.45, 2.75) is 31.6 Å². The number of nitrogens with two attached hydrogens (primary N) is 1. The fourth-order valence-electron chi connectivity index (χ4n) is 2.47. The highest BCUT2D eigenvalue weighted by atomic mass is 32.2. The van der Waals surface area contributed by atoms with E-state index in [2.05, 4.69) is 50.5 Å². The first-order valence-electron chi connectivity index (χ1n) is 8.46. The van der Waals surface area contributed by atoms with Crippen LogP contribution in [0.2, 0.25) is 0 Å². The SMILES string of the molecule is C=C/C=C\c1cc(/C(N)=N/C(=S)Sc2ccc(C)cc2)ccc1C(C)C. The maximum atomic E-state index is 6.20. The third kappa shape index (κ3) is 5.68. The number of thiocarbonyl (C=S) groups is 1. The van der Waals surface area contributed by atoms with E-state index in [1.165, 1.54) is 22.9 Å². The first-order valence-corrected chi connectivity index (χ1v) is 9.69. The molecule has 0 aliphatic rings. The number of amidine groups is 1. The van der Waals surface area contributed by atoms with E-state index in [1.807, 2.05) is 36.4 Å². The summed E-state index contributed by atoms with van der Waals surface area (Å²) in [5.41, 5.74) is 10.7. The van der Waals surface area contributed by atoms with Gasteiger partial charge in [0, 0.05) is 10.5 Å². The Morgan fingerprint density at radius 1 is 1.19 bits per heavy atom. The van der Waals surface area contributed by atoms with Crippen LogP contribution in [0.5, 0.6) is 0 Å². The maximum absolute atomic E-state index is 6.20. The first-order chi connectivity index (χ1) is 12.4. The molecule has 134 valence electrons.